The number of carbonyl (C=O) groups is 1. The van der Waals surface area contributed by atoms with E-state index in [1.807, 2.05) is 43.5 Å². The Morgan fingerprint density at radius 2 is 2.06 bits per heavy atom. The molecule has 1 saturated heterocycles. The maximum atomic E-state index is 11.5. The third kappa shape index (κ3) is 2.06. The predicted octanol–water partition coefficient (Wildman–Crippen LogP) is 2.49. The maximum Gasteiger partial charge on any atom is 0.249 e. The molecule has 16 heavy (non-hydrogen) atoms. The van der Waals surface area contributed by atoms with Crippen LogP contribution in [-0.4, -0.2) is 23.9 Å². The van der Waals surface area contributed by atoms with Crippen LogP contribution in [0, 0.1) is 0 Å². The molecule has 1 heterocycles. The monoisotopic (exact) mass is 213 g/mol. The summed E-state index contributed by atoms with van der Waals surface area (Å²) in [6, 6.07) is 10.2. The number of hydrogen-bond donors (Lipinski definition) is 0. The Kier molecular flexibility index (Phi) is 2.91. The summed E-state index contributed by atoms with van der Waals surface area (Å²) in [5.41, 5.74) is 1.85. The van der Waals surface area contributed by atoms with Crippen molar-refractivity contribution in [3.8, 4) is 0 Å². The van der Waals surface area contributed by atoms with E-state index in [0.717, 1.165) is 12.0 Å². The lowest BCUT2D eigenvalue weighted by atomic mass is 10.1. The molecule has 2 heteroatoms. The average Bonchev–Trinajstić information content (AvgIpc) is 2.56. The Labute approximate surface area is 95.9 Å². The van der Waals surface area contributed by atoms with Crippen molar-refractivity contribution in [2.45, 2.75) is 12.5 Å². The summed E-state index contributed by atoms with van der Waals surface area (Å²) in [4.78, 5) is 13.3. The number of likely N-dealkylation sites (tertiary alicyclic amines) is 1. The molecular formula is C14H15NO. The Morgan fingerprint density at radius 3 is 2.62 bits per heavy atom. The zero-order chi connectivity index (χ0) is 11.5. The van der Waals surface area contributed by atoms with Gasteiger partial charge in [0, 0.05) is 19.0 Å². The van der Waals surface area contributed by atoms with Crippen molar-refractivity contribution >= 4 is 12.0 Å². The van der Waals surface area contributed by atoms with E-state index in [2.05, 4.69) is 12.7 Å². The van der Waals surface area contributed by atoms with E-state index in [1.54, 1.807) is 4.90 Å². The number of likely N-dealkylation sites (N-methyl/N-ethyl adjacent to an activating group) is 1. The quantitative estimate of drug-likeness (QED) is 0.691. The first-order valence-corrected chi connectivity index (χ1v) is 5.36. The largest absolute Gasteiger partial charge is 0.335 e. The molecule has 0 aliphatic carbocycles. The fourth-order valence-corrected chi connectivity index (χ4v) is 1.86. The van der Waals surface area contributed by atoms with Crippen LogP contribution in [0.15, 0.2) is 48.6 Å². The zero-order valence-corrected chi connectivity index (χ0v) is 9.39. The Hall–Kier alpha value is -1.83. The highest BCUT2D eigenvalue weighted by atomic mass is 16.2. The predicted molar refractivity (Wildman–Crippen MR) is 65.8 cm³/mol. The van der Waals surface area contributed by atoms with E-state index in [-0.39, 0.29) is 11.9 Å². The number of hydrogen-bond acceptors (Lipinski definition) is 1. The lowest BCUT2D eigenvalue weighted by Crippen LogP contribution is -2.26. The highest BCUT2D eigenvalue weighted by molar-refractivity contribution is 5.95. The van der Waals surface area contributed by atoms with Crippen molar-refractivity contribution < 1.29 is 4.79 Å². The van der Waals surface area contributed by atoms with Crippen LogP contribution in [0.5, 0.6) is 0 Å². The van der Waals surface area contributed by atoms with Crippen LogP contribution >= 0.6 is 0 Å². The van der Waals surface area contributed by atoms with Gasteiger partial charge in [0.15, 0.2) is 0 Å². The first kappa shape index (κ1) is 10.7. The van der Waals surface area contributed by atoms with Gasteiger partial charge in [-0.05, 0) is 5.56 Å². The molecule has 2 rings (SSSR count). The van der Waals surface area contributed by atoms with Gasteiger partial charge < -0.3 is 4.90 Å². The lowest BCUT2D eigenvalue weighted by Gasteiger charge is -2.14. The smallest absolute Gasteiger partial charge is 0.249 e. The van der Waals surface area contributed by atoms with Gasteiger partial charge >= 0.3 is 0 Å². The van der Waals surface area contributed by atoms with E-state index in [4.69, 9.17) is 0 Å². The van der Waals surface area contributed by atoms with Crippen LogP contribution in [0.4, 0.5) is 0 Å². The summed E-state index contributed by atoms with van der Waals surface area (Å²) >= 11 is 0. The van der Waals surface area contributed by atoms with Crippen molar-refractivity contribution in [1.82, 2.24) is 4.90 Å². The first-order valence-electron chi connectivity index (χ1n) is 5.36. The van der Waals surface area contributed by atoms with Crippen LogP contribution in [0.2, 0.25) is 0 Å². The van der Waals surface area contributed by atoms with Gasteiger partial charge in [-0.15, -0.1) is 0 Å². The second-order valence-electron chi connectivity index (χ2n) is 4.06. The number of rotatable bonds is 2. The van der Waals surface area contributed by atoms with Crippen LogP contribution < -0.4 is 0 Å². The fourth-order valence-electron chi connectivity index (χ4n) is 1.86. The average molecular weight is 213 g/mol. The van der Waals surface area contributed by atoms with Crippen molar-refractivity contribution in [2.75, 3.05) is 7.05 Å². The fraction of sp³-hybridized carbons (Fsp3) is 0.214. The molecule has 0 bridgehead atoms. The second-order valence-corrected chi connectivity index (χ2v) is 4.06. The molecule has 2 nitrogen and oxygen atoms in total. The van der Waals surface area contributed by atoms with Gasteiger partial charge in [-0.2, -0.15) is 0 Å². The molecular weight excluding hydrogens is 198 g/mol. The molecule has 1 amide bonds. The van der Waals surface area contributed by atoms with Crippen molar-refractivity contribution in [3.63, 3.8) is 0 Å². The van der Waals surface area contributed by atoms with Crippen molar-refractivity contribution in [3.05, 3.63) is 54.1 Å². The topological polar surface area (TPSA) is 20.3 Å². The van der Waals surface area contributed by atoms with Gasteiger partial charge in [-0.25, -0.2) is 0 Å². The van der Waals surface area contributed by atoms with Crippen LogP contribution in [0.3, 0.4) is 0 Å². The maximum absolute atomic E-state index is 11.5. The SMILES string of the molecule is C=C1CC(C=Cc2ccccc2)N(C)C1=O. The standard InChI is InChI=1S/C14H15NO/c1-11-10-13(15(2)14(11)16)9-8-12-6-4-3-5-7-12/h3-9,13H,1,10H2,2H3. The molecule has 82 valence electrons. The van der Waals surface area contributed by atoms with Gasteiger partial charge in [0.2, 0.25) is 5.91 Å². The van der Waals surface area contributed by atoms with E-state index in [0.29, 0.717) is 5.57 Å². The summed E-state index contributed by atoms with van der Waals surface area (Å²) in [5.74, 6) is 0.0581. The third-order valence-electron chi connectivity index (χ3n) is 2.89. The van der Waals surface area contributed by atoms with Gasteiger partial charge in [0.05, 0.1) is 6.04 Å². The van der Waals surface area contributed by atoms with Gasteiger partial charge in [0.1, 0.15) is 0 Å². The van der Waals surface area contributed by atoms with Gasteiger partial charge in [-0.1, -0.05) is 49.1 Å². The Morgan fingerprint density at radius 1 is 1.38 bits per heavy atom. The van der Waals surface area contributed by atoms with E-state index in [1.165, 1.54) is 0 Å². The molecule has 1 aromatic carbocycles. The molecule has 0 aromatic heterocycles. The molecule has 0 spiro atoms. The highest BCUT2D eigenvalue weighted by Crippen LogP contribution is 2.22. The molecule has 1 fully saturated rings. The third-order valence-corrected chi connectivity index (χ3v) is 2.89. The molecule has 1 unspecified atom stereocenters. The van der Waals surface area contributed by atoms with Gasteiger partial charge in [0.25, 0.3) is 0 Å². The zero-order valence-electron chi connectivity index (χ0n) is 9.39. The molecule has 1 aliphatic heterocycles. The van der Waals surface area contributed by atoms with Crippen molar-refractivity contribution in [2.24, 2.45) is 0 Å². The van der Waals surface area contributed by atoms with Gasteiger partial charge in [-0.3, -0.25) is 4.79 Å². The summed E-state index contributed by atoms with van der Waals surface area (Å²) in [6.45, 7) is 3.77. The number of carbonyl (C=O) groups excluding carboxylic acids is 1. The molecule has 1 aromatic rings. The number of benzene rings is 1. The minimum Gasteiger partial charge on any atom is -0.335 e. The number of nitrogens with zero attached hydrogens (tertiary/aromatic N) is 1. The van der Waals surface area contributed by atoms with Crippen molar-refractivity contribution in [1.29, 1.82) is 0 Å². The molecule has 1 atom stereocenters. The van der Waals surface area contributed by atoms with E-state index in [9.17, 15) is 4.79 Å². The Bertz CT molecular complexity index is 433. The first-order chi connectivity index (χ1) is 7.68. The van der Waals surface area contributed by atoms with Crippen LogP contribution in [0.1, 0.15) is 12.0 Å². The van der Waals surface area contributed by atoms with Crippen LogP contribution in [-0.2, 0) is 4.79 Å². The van der Waals surface area contributed by atoms with E-state index >= 15 is 0 Å². The second kappa shape index (κ2) is 4.35. The molecule has 0 saturated carbocycles. The summed E-state index contributed by atoms with van der Waals surface area (Å²) in [5, 5.41) is 0. The summed E-state index contributed by atoms with van der Waals surface area (Å²) < 4.78 is 0. The van der Waals surface area contributed by atoms with Crippen LogP contribution in [0.25, 0.3) is 6.08 Å². The molecule has 0 N–H and O–H groups in total. The molecule has 1 aliphatic rings. The minimum atomic E-state index is 0.0581. The summed E-state index contributed by atoms with van der Waals surface area (Å²) in [7, 11) is 1.82. The highest BCUT2D eigenvalue weighted by Gasteiger charge is 2.28. The van der Waals surface area contributed by atoms with E-state index < -0.39 is 0 Å². The molecule has 0 radical (unpaired) electrons. The Balaban J connectivity index is 2.09. The minimum absolute atomic E-state index is 0.0581. The number of amides is 1. The lowest BCUT2D eigenvalue weighted by molar-refractivity contribution is -0.124. The normalized spacial score (nSPS) is 21.1. The summed E-state index contributed by atoms with van der Waals surface area (Å²) in [6.07, 6.45) is 4.84.